The molecule has 9 nitrogen and oxygen atoms in total. The molecular formula is C11H14N8OS. The quantitative estimate of drug-likeness (QED) is 0.598. The summed E-state index contributed by atoms with van der Waals surface area (Å²) in [6, 6.07) is 0. The lowest BCUT2D eigenvalue weighted by atomic mass is 10.5. The zero-order valence-electron chi connectivity index (χ0n) is 11.5. The summed E-state index contributed by atoms with van der Waals surface area (Å²) in [5.74, 6) is 0.469. The third-order valence-corrected chi connectivity index (χ3v) is 3.82. The maximum Gasteiger partial charge on any atom is 0.343 e. The van der Waals surface area contributed by atoms with Crippen LogP contribution in [0.5, 0.6) is 0 Å². The van der Waals surface area contributed by atoms with Gasteiger partial charge in [0.1, 0.15) is 10.5 Å². The maximum atomic E-state index is 11.7. The van der Waals surface area contributed by atoms with Crippen LogP contribution in [0.4, 0.5) is 5.95 Å². The molecule has 0 aromatic carbocycles. The minimum Gasteiger partial charge on any atom is -0.357 e. The molecule has 21 heavy (non-hydrogen) atoms. The van der Waals surface area contributed by atoms with Crippen LogP contribution in [0.25, 0.3) is 11.2 Å². The van der Waals surface area contributed by atoms with Crippen molar-refractivity contribution in [2.24, 2.45) is 0 Å². The molecule has 0 aliphatic heterocycles. The molecule has 0 saturated heterocycles. The summed E-state index contributed by atoms with van der Waals surface area (Å²) in [5.41, 5.74) is 1.07. The van der Waals surface area contributed by atoms with Crippen LogP contribution >= 0.6 is 11.8 Å². The van der Waals surface area contributed by atoms with Crippen LogP contribution in [0, 0.1) is 0 Å². The molecule has 0 spiro atoms. The highest BCUT2D eigenvalue weighted by Gasteiger charge is 2.15. The van der Waals surface area contributed by atoms with E-state index >= 15 is 0 Å². The normalized spacial score (nSPS) is 11.1. The third kappa shape index (κ3) is 2.49. The first-order valence-electron chi connectivity index (χ1n) is 6.45. The summed E-state index contributed by atoms with van der Waals surface area (Å²) in [6.07, 6.45) is 2.41. The Bertz CT molecular complexity index is 819. The molecule has 10 heteroatoms. The Balaban J connectivity index is 2.05. The van der Waals surface area contributed by atoms with Crippen molar-refractivity contribution in [2.75, 3.05) is 12.4 Å². The van der Waals surface area contributed by atoms with Crippen molar-refractivity contribution in [2.45, 2.75) is 30.1 Å². The standard InChI is InChI=1S/C11H14N8OS/c1-3-4-19-10(20)17-18-11(19)21-8-6-7(14-5-13-6)15-9(12-2)16-8/h5H,3-4H2,1-2H3,(H,17,20)(H2,12,13,14,15,16). The van der Waals surface area contributed by atoms with Gasteiger partial charge in [-0.3, -0.25) is 4.57 Å². The lowest BCUT2D eigenvalue weighted by Crippen LogP contribution is -2.17. The molecule has 3 heterocycles. The molecule has 0 amide bonds. The van der Waals surface area contributed by atoms with E-state index in [4.69, 9.17) is 0 Å². The van der Waals surface area contributed by atoms with E-state index in [9.17, 15) is 4.79 Å². The zero-order valence-corrected chi connectivity index (χ0v) is 12.4. The van der Waals surface area contributed by atoms with Gasteiger partial charge in [-0.2, -0.15) is 4.98 Å². The number of aromatic amines is 2. The minimum atomic E-state index is -0.219. The van der Waals surface area contributed by atoms with E-state index in [-0.39, 0.29) is 5.69 Å². The number of rotatable bonds is 5. The van der Waals surface area contributed by atoms with Crippen molar-refractivity contribution in [1.82, 2.24) is 34.7 Å². The average Bonchev–Trinajstić information content (AvgIpc) is 3.08. The first kappa shape index (κ1) is 13.6. The van der Waals surface area contributed by atoms with Crippen molar-refractivity contribution in [1.29, 1.82) is 0 Å². The number of aromatic nitrogens is 7. The van der Waals surface area contributed by atoms with E-state index in [0.717, 1.165) is 11.9 Å². The van der Waals surface area contributed by atoms with Crippen molar-refractivity contribution < 1.29 is 0 Å². The Kier molecular flexibility index (Phi) is 3.60. The molecule has 0 radical (unpaired) electrons. The second-order valence-corrected chi connectivity index (χ2v) is 5.22. The van der Waals surface area contributed by atoms with Gasteiger partial charge in [0.2, 0.25) is 5.95 Å². The van der Waals surface area contributed by atoms with Gasteiger partial charge in [-0.15, -0.1) is 5.10 Å². The van der Waals surface area contributed by atoms with Crippen LogP contribution in [-0.2, 0) is 6.54 Å². The number of H-pyrrole nitrogens is 2. The van der Waals surface area contributed by atoms with E-state index in [2.05, 4.69) is 35.5 Å². The second kappa shape index (κ2) is 5.56. The van der Waals surface area contributed by atoms with Gasteiger partial charge in [0.05, 0.1) is 6.33 Å². The molecule has 0 aliphatic carbocycles. The maximum absolute atomic E-state index is 11.7. The molecule has 0 saturated carbocycles. The molecular weight excluding hydrogens is 292 g/mol. The van der Waals surface area contributed by atoms with E-state index in [1.54, 1.807) is 17.9 Å². The topological polar surface area (TPSA) is 117 Å². The van der Waals surface area contributed by atoms with Crippen molar-refractivity contribution in [3.63, 3.8) is 0 Å². The molecule has 0 aliphatic rings. The van der Waals surface area contributed by atoms with Crippen molar-refractivity contribution >= 4 is 28.9 Å². The van der Waals surface area contributed by atoms with Crippen molar-refractivity contribution in [3.05, 3.63) is 16.8 Å². The fraction of sp³-hybridized carbons (Fsp3) is 0.364. The summed E-state index contributed by atoms with van der Waals surface area (Å²) in [5, 5.41) is 10.6. The van der Waals surface area contributed by atoms with Gasteiger partial charge in [-0.05, 0) is 18.2 Å². The molecule has 3 N–H and O–H groups in total. The number of hydrogen-bond donors (Lipinski definition) is 3. The summed E-state index contributed by atoms with van der Waals surface area (Å²) in [4.78, 5) is 27.5. The SMILES string of the molecule is CCCn1c(Sc2nc(NC)nc3nc[nH]c23)n[nH]c1=O. The first-order chi connectivity index (χ1) is 10.2. The van der Waals surface area contributed by atoms with Gasteiger partial charge in [-0.1, -0.05) is 6.92 Å². The van der Waals surface area contributed by atoms with E-state index in [1.807, 2.05) is 6.92 Å². The molecule has 0 atom stereocenters. The zero-order chi connectivity index (χ0) is 14.8. The Labute approximate surface area is 123 Å². The Morgan fingerprint density at radius 3 is 3.05 bits per heavy atom. The highest BCUT2D eigenvalue weighted by atomic mass is 32.2. The second-order valence-electron chi connectivity index (χ2n) is 4.27. The van der Waals surface area contributed by atoms with Crippen LogP contribution in [-0.4, -0.2) is 41.7 Å². The summed E-state index contributed by atoms with van der Waals surface area (Å²) in [6.45, 7) is 2.61. The van der Waals surface area contributed by atoms with Crippen molar-refractivity contribution in [3.8, 4) is 0 Å². The molecule has 3 rings (SSSR count). The van der Waals surface area contributed by atoms with Crippen LogP contribution in [0.1, 0.15) is 13.3 Å². The molecule has 0 bridgehead atoms. The number of hydrogen-bond acceptors (Lipinski definition) is 7. The summed E-state index contributed by atoms with van der Waals surface area (Å²) in [7, 11) is 1.74. The van der Waals surface area contributed by atoms with E-state index < -0.39 is 0 Å². The molecule has 3 aromatic heterocycles. The fourth-order valence-corrected chi connectivity index (χ4v) is 2.81. The van der Waals surface area contributed by atoms with Gasteiger partial charge in [0.25, 0.3) is 0 Å². The Morgan fingerprint density at radius 2 is 2.29 bits per heavy atom. The van der Waals surface area contributed by atoms with E-state index in [1.165, 1.54) is 11.8 Å². The molecule has 0 unspecified atom stereocenters. The number of nitrogens with zero attached hydrogens (tertiary/aromatic N) is 5. The predicted molar refractivity (Wildman–Crippen MR) is 78.5 cm³/mol. The van der Waals surface area contributed by atoms with Crippen LogP contribution in [0.2, 0.25) is 0 Å². The van der Waals surface area contributed by atoms with Gasteiger partial charge in [0.15, 0.2) is 10.8 Å². The highest BCUT2D eigenvalue weighted by Crippen LogP contribution is 2.29. The monoisotopic (exact) mass is 306 g/mol. The van der Waals surface area contributed by atoms with Gasteiger partial charge in [0, 0.05) is 13.6 Å². The minimum absolute atomic E-state index is 0.219. The third-order valence-electron chi connectivity index (χ3n) is 2.83. The lowest BCUT2D eigenvalue weighted by molar-refractivity contribution is 0.603. The van der Waals surface area contributed by atoms with Crippen LogP contribution in [0.3, 0.4) is 0 Å². The Morgan fingerprint density at radius 1 is 1.43 bits per heavy atom. The van der Waals surface area contributed by atoms with E-state index in [0.29, 0.717) is 28.3 Å². The van der Waals surface area contributed by atoms with Gasteiger partial charge >= 0.3 is 5.69 Å². The van der Waals surface area contributed by atoms with Crippen LogP contribution < -0.4 is 11.0 Å². The molecule has 110 valence electrons. The summed E-state index contributed by atoms with van der Waals surface area (Å²) < 4.78 is 1.59. The van der Waals surface area contributed by atoms with Crippen LogP contribution in [0.15, 0.2) is 21.3 Å². The average molecular weight is 306 g/mol. The number of fused-ring (bicyclic) bond motifs is 1. The molecule has 0 fully saturated rings. The van der Waals surface area contributed by atoms with Gasteiger partial charge < -0.3 is 10.3 Å². The fourth-order valence-electron chi connectivity index (χ4n) is 1.88. The predicted octanol–water partition coefficient (Wildman–Crippen LogP) is 0.841. The summed E-state index contributed by atoms with van der Waals surface area (Å²) >= 11 is 1.30. The first-order valence-corrected chi connectivity index (χ1v) is 7.26. The highest BCUT2D eigenvalue weighted by molar-refractivity contribution is 7.99. The number of imidazole rings is 1. The lowest BCUT2D eigenvalue weighted by Gasteiger charge is -2.05. The smallest absolute Gasteiger partial charge is 0.343 e. The van der Waals surface area contributed by atoms with Gasteiger partial charge in [-0.25, -0.2) is 19.9 Å². The number of nitrogens with one attached hydrogen (secondary N) is 3. The number of anilines is 1. The molecule has 3 aromatic rings. The Hall–Kier alpha value is -2.36. The largest absolute Gasteiger partial charge is 0.357 e.